The van der Waals surface area contributed by atoms with Crippen molar-refractivity contribution in [2.24, 2.45) is 5.16 Å². The quantitative estimate of drug-likeness (QED) is 0.687. The van der Waals surface area contributed by atoms with Gasteiger partial charge in [-0.25, -0.2) is 4.79 Å². The van der Waals surface area contributed by atoms with Crippen molar-refractivity contribution in [3.8, 4) is 0 Å². The van der Waals surface area contributed by atoms with Crippen LogP contribution in [-0.2, 0) is 19.1 Å². The smallest absolute Gasteiger partial charge is 0.415 e. The first-order valence-electron chi connectivity index (χ1n) is 10.8. The number of benzene rings is 2. The zero-order chi connectivity index (χ0) is 23.1. The molecule has 2 amide bonds. The van der Waals surface area contributed by atoms with E-state index in [1.807, 2.05) is 48.5 Å². The molecule has 5 rings (SSSR count). The molecule has 0 aliphatic carbocycles. The average molecular weight is 470 g/mol. The lowest BCUT2D eigenvalue weighted by Gasteiger charge is -2.33. The molecule has 2 aromatic rings. The minimum absolute atomic E-state index is 0.210. The van der Waals surface area contributed by atoms with E-state index in [0.29, 0.717) is 30.4 Å². The van der Waals surface area contributed by atoms with Gasteiger partial charge in [-0.2, -0.15) is 0 Å². The molecular weight excluding hydrogens is 446 g/mol. The van der Waals surface area contributed by atoms with E-state index in [4.69, 9.17) is 25.9 Å². The van der Waals surface area contributed by atoms with Crippen LogP contribution < -0.4 is 4.90 Å². The molecule has 2 atom stereocenters. The van der Waals surface area contributed by atoms with E-state index in [9.17, 15) is 9.59 Å². The highest BCUT2D eigenvalue weighted by atomic mass is 35.5. The maximum Gasteiger partial charge on any atom is 0.415 e. The van der Waals surface area contributed by atoms with E-state index >= 15 is 0 Å². The fraction of sp³-hybridized carbons (Fsp3) is 0.375. The number of carbonyl (C=O) groups excluding carboxylic acids is 2. The monoisotopic (exact) mass is 469 g/mol. The first kappa shape index (κ1) is 21.7. The summed E-state index contributed by atoms with van der Waals surface area (Å²) in [5.41, 5.74) is -0.0258. The summed E-state index contributed by atoms with van der Waals surface area (Å²) in [6, 6.07) is 16.6. The molecule has 2 aromatic carbocycles. The van der Waals surface area contributed by atoms with Crippen molar-refractivity contribution in [2.75, 3.05) is 37.7 Å². The molecule has 1 spiro atoms. The number of anilines is 1. The van der Waals surface area contributed by atoms with Crippen LogP contribution in [0.5, 0.6) is 0 Å². The van der Waals surface area contributed by atoms with Gasteiger partial charge in [0, 0.05) is 29.2 Å². The van der Waals surface area contributed by atoms with Crippen molar-refractivity contribution in [3.63, 3.8) is 0 Å². The SMILES string of the molecule is C[C@@]1(C(=O)N2CCOC[C@@]3(C2)CN(c2ccccc2)C(=O)O3)CC(c2ccccc2Cl)=NO1. The number of carbonyl (C=O) groups is 2. The Morgan fingerprint density at radius 3 is 2.64 bits per heavy atom. The summed E-state index contributed by atoms with van der Waals surface area (Å²) in [6.07, 6.45) is -0.165. The summed E-state index contributed by atoms with van der Waals surface area (Å²) in [7, 11) is 0. The number of oxime groups is 1. The zero-order valence-electron chi connectivity index (χ0n) is 18.2. The summed E-state index contributed by atoms with van der Waals surface area (Å²) >= 11 is 6.31. The Balaban J connectivity index is 1.33. The van der Waals surface area contributed by atoms with Crippen molar-refractivity contribution in [1.29, 1.82) is 0 Å². The van der Waals surface area contributed by atoms with Crippen LogP contribution in [0.2, 0.25) is 5.02 Å². The molecule has 0 saturated carbocycles. The highest BCUT2D eigenvalue weighted by molar-refractivity contribution is 6.34. The number of halogens is 1. The van der Waals surface area contributed by atoms with E-state index < -0.39 is 17.3 Å². The molecule has 0 unspecified atom stereocenters. The van der Waals surface area contributed by atoms with Crippen LogP contribution >= 0.6 is 11.6 Å². The van der Waals surface area contributed by atoms with E-state index in [-0.39, 0.29) is 25.5 Å². The maximum atomic E-state index is 13.6. The summed E-state index contributed by atoms with van der Waals surface area (Å²) in [4.78, 5) is 35.2. The third-order valence-corrected chi connectivity index (χ3v) is 6.50. The van der Waals surface area contributed by atoms with Gasteiger partial charge in [-0.05, 0) is 25.1 Å². The summed E-state index contributed by atoms with van der Waals surface area (Å²) in [5, 5.41) is 4.73. The molecule has 33 heavy (non-hydrogen) atoms. The number of ether oxygens (including phenoxy) is 2. The standard InChI is InChI=1S/C24H24ClN3O5/c1-23(13-20(26-33-23)18-9-5-6-10-19(18)25)21(29)27-11-12-31-16-24(14-27)15-28(22(30)32-24)17-7-3-2-4-8-17/h2-10H,11-16H2,1H3/t23-,24+/m0/s1. The Bertz CT molecular complexity index is 1110. The van der Waals surface area contributed by atoms with Crippen LogP contribution in [0.25, 0.3) is 0 Å². The molecule has 8 nitrogen and oxygen atoms in total. The van der Waals surface area contributed by atoms with Crippen molar-refractivity contribution in [1.82, 2.24) is 4.90 Å². The molecule has 0 aromatic heterocycles. The van der Waals surface area contributed by atoms with Gasteiger partial charge in [0.1, 0.15) is 0 Å². The van der Waals surface area contributed by atoms with Gasteiger partial charge in [-0.15, -0.1) is 0 Å². The molecule has 0 N–H and O–H groups in total. The second kappa shape index (κ2) is 8.35. The summed E-state index contributed by atoms with van der Waals surface area (Å²) in [6.45, 7) is 3.14. The minimum atomic E-state index is -1.18. The second-order valence-electron chi connectivity index (χ2n) is 8.77. The highest BCUT2D eigenvalue weighted by Crippen LogP contribution is 2.34. The van der Waals surface area contributed by atoms with Crippen molar-refractivity contribution in [3.05, 3.63) is 65.2 Å². The van der Waals surface area contributed by atoms with Crippen LogP contribution in [0, 0.1) is 0 Å². The lowest BCUT2D eigenvalue weighted by molar-refractivity contribution is -0.155. The van der Waals surface area contributed by atoms with E-state index in [1.54, 1.807) is 22.8 Å². The van der Waals surface area contributed by atoms with Crippen molar-refractivity contribution >= 4 is 35.0 Å². The first-order valence-corrected chi connectivity index (χ1v) is 11.2. The van der Waals surface area contributed by atoms with Gasteiger partial charge in [0.15, 0.2) is 5.60 Å². The molecule has 0 radical (unpaired) electrons. The Labute approximate surface area is 196 Å². The lowest BCUT2D eigenvalue weighted by atomic mass is 9.93. The highest BCUT2D eigenvalue weighted by Gasteiger charge is 2.52. The van der Waals surface area contributed by atoms with E-state index in [2.05, 4.69) is 5.16 Å². The molecule has 2 saturated heterocycles. The summed E-state index contributed by atoms with van der Waals surface area (Å²) in [5.74, 6) is -0.229. The van der Waals surface area contributed by atoms with Crippen molar-refractivity contribution < 1.29 is 23.9 Å². The number of hydrogen-bond acceptors (Lipinski definition) is 6. The number of nitrogens with zero attached hydrogens (tertiary/aromatic N) is 3. The first-order chi connectivity index (χ1) is 15.9. The second-order valence-corrected chi connectivity index (χ2v) is 9.18. The molecule has 3 aliphatic heterocycles. The molecule has 2 fully saturated rings. The molecule has 172 valence electrons. The fourth-order valence-electron chi connectivity index (χ4n) is 4.49. The van der Waals surface area contributed by atoms with Crippen LogP contribution in [0.4, 0.5) is 10.5 Å². The normalized spacial score (nSPS) is 27.2. The van der Waals surface area contributed by atoms with Gasteiger partial charge in [-0.3, -0.25) is 9.69 Å². The lowest BCUT2D eigenvalue weighted by Crippen LogP contribution is -2.54. The third kappa shape index (κ3) is 4.05. The Kier molecular flexibility index (Phi) is 5.50. The van der Waals surface area contributed by atoms with Crippen molar-refractivity contribution in [2.45, 2.75) is 24.5 Å². The largest absolute Gasteiger partial charge is 0.436 e. The van der Waals surface area contributed by atoms with Crippen LogP contribution in [0.1, 0.15) is 18.9 Å². The minimum Gasteiger partial charge on any atom is -0.436 e. The van der Waals surface area contributed by atoms with Gasteiger partial charge in [0.05, 0.1) is 32.0 Å². The van der Waals surface area contributed by atoms with Gasteiger partial charge in [0.2, 0.25) is 5.60 Å². The van der Waals surface area contributed by atoms with E-state index in [0.717, 1.165) is 11.3 Å². The fourth-order valence-corrected chi connectivity index (χ4v) is 4.74. The van der Waals surface area contributed by atoms with Crippen LogP contribution in [-0.4, -0.2) is 66.7 Å². The predicted molar refractivity (Wildman–Crippen MR) is 122 cm³/mol. The van der Waals surface area contributed by atoms with Gasteiger partial charge in [0.25, 0.3) is 5.91 Å². The number of hydrogen-bond donors (Lipinski definition) is 0. The Morgan fingerprint density at radius 2 is 1.85 bits per heavy atom. The molecule has 0 bridgehead atoms. The predicted octanol–water partition coefficient (Wildman–Crippen LogP) is 3.48. The molecular formula is C24H24ClN3O5. The van der Waals surface area contributed by atoms with E-state index in [1.165, 1.54) is 0 Å². The van der Waals surface area contributed by atoms with Gasteiger partial charge < -0.3 is 19.2 Å². The van der Waals surface area contributed by atoms with Crippen LogP contribution in [0.15, 0.2) is 59.8 Å². The average Bonchev–Trinajstić information content (AvgIpc) is 3.29. The van der Waals surface area contributed by atoms with Gasteiger partial charge >= 0.3 is 6.09 Å². The maximum absolute atomic E-state index is 13.6. The summed E-state index contributed by atoms with van der Waals surface area (Å²) < 4.78 is 11.6. The molecule has 3 heterocycles. The topological polar surface area (TPSA) is 80.7 Å². The number of para-hydroxylation sites is 1. The number of amides is 2. The zero-order valence-corrected chi connectivity index (χ0v) is 19.0. The van der Waals surface area contributed by atoms with Crippen LogP contribution in [0.3, 0.4) is 0 Å². The Morgan fingerprint density at radius 1 is 1.09 bits per heavy atom. The molecule has 3 aliphatic rings. The van der Waals surface area contributed by atoms with Gasteiger partial charge in [-0.1, -0.05) is 53.2 Å². The molecule has 9 heteroatoms. The third-order valence-electron chi connectivity index (χ3n) is 6.17. The number of rotatable bonds is 3. The Hall–Kier alpha value is -3.10.